The van der Waals surface area contributed by atoms with Gasteiger partial charge in [-0.25, -0.2) is 0 Å². The van der Waals surface area contributed by atoms with Crippen molar-refractivity contribution in [1.29, 1.82) is 0 Å². The number of amides is 1. The van der Waals surface area contributed by atoms with Crippen LogP contribution in [0.4, 0.5) is 0 Å². The van der Waals surface area contributed by atoms with Crippen LogP contribution in [0.25, 0.3) is 0 Å². The van der Waals surface area contributed by atoms with E-state index in [0.29, 0.717) is 5.92 Å². The minimum absolute atomic E-state index is 0.224. The maximum atomic E-state index is 12.0. The van der Waals surface area contributed by atoms with Crippen LogP contribution in [-0.2, 0) is 4.79 Å². The highest BCUT2D eigenvalue weighted by atomic mass is 16.3. The first kappa shape index (κ1) is 13.5. The molecule has 0 unspecified atom stereocenters. The van der Waals surface area contributed by atoms with Gasteiger partial charge in [0.2, 0.25) is 5.91 Å². The Morgan fingerprint density at radius 2 is 1.56 bits per heavy atom. The van der Waals surface area contributed by atoms with Crippen LogP contribution in [0, 0.1) is 11.3 Å². The molecule has 0 atom stereocenters. The van der Waals surface area contributed by atoms with Gasteiger partial charge in [0.15, 0.2) is 0 Å². The number of nitrogens with zero attached hydrogens (tertiary/aromatic N) is 1. The second kappa shape index (κ2) is 4.36. The first-order valence-electron chi connectivity index (χ1n) is 6.14. The third kappa shape index (κ3) is 3.21. The lowest BCUT2D eigenvalue weighted by molar-refractivity contribution is -0.142. The van der Waals surface area contributed by atoms with Crippen LogP contribution < -0.4 is 0 Å². The molecule has 0 bridgehead atoms. The van der Waals surface area contributed by atoms with E-state index in [-0.39, 0.29) is 11.3 Å². The monoisotopic (exact) mass is 227 g/mol. The molecule has 1 N–H and O–H groups in total. The Morgan fingerprint density at radius 3 is 1.88 bits per heavy atom. The molecule has 1 aliphatic rings. The maximum Gasteiger partial charge on any atom is 0.227 e. The molecule has 0 saturated carbocycles. The van der Waals surface area contributed by atoms with Gasteiger partial charge >= 0.3 is 0 Å². The van der Waals surface area contributed by atoms with Gasteiger partial charge in [-0.05, 0) is 32.6 Å². The molecule has 1 amide bonds. The fraction of sp³-hybridized carbons (Fsp3) is 0.923. The Kier molecular flexibility index (Phi) is 3.68. The normalized spacial score (nSPS) is 20.0. The Balaban J connectivity index is 2.53. The zero-order chi connectivity index (χ0) is 12.6. The minimum atomic E-state index is -0.614. The lowest BCUT2D eigenvalue weighted by Gasteiger charge is -2.39. The van der Waals surface area contributed by atoms with E-state index in [1.165, 1.54) is 0 Å². The minimum Gasteiger partial charge on any atom is -0.390 e. The molecule has 94 valence electrons. The van der Waals surface area contributed by atoms with Crippen molar-refractivity contribution < 1.29 is 9.90 Å². The van der Waals surface area contributed by atoms with Crippen molar-refractivity contribution in [3.63, 3.8) is 0 Å². The molecular formula is C13H25NO2. The van der Waals surface area contributed by atoms with Gasteiger partial charge < -0.3 is 10.0 Å². The van der Waals surface area contributed by atoms with Crippen LogP contribution in [0.15, 0.2) is 0 Å². The zero-order valence-electron chi connectivity index (χ0n) is 11.2. The van der Waals surface area contributed by atoms with E-state index < -0.39 is 5.60 Å². The number of rotatable bonds is 1. The molecule has 3 heteroatoms. The van der Waals surface area contributed by atoms with Crippen LogP contribution in [-0.4, -0.2) is 34.6 Å². The fourth-order valence-electron chi connectivity index (χ4n) is 2.26. The Labute approximate surface area is 98.8 Å². The molecule has 0 aromatic carbocycles. The first-order valence-corrected chi connectivity index (χ1v) is 6.14. The van der Waals surface area contributed by atoms with Gasteiger partial charge in [0, 0.05) is 18.5 Å². The highest BCUT2D eigenvalue weighted by molar-refractivity contribution is 5.81. The van der Waals surface area contributed by atoms with Crippen LogP contribution in [0.1, 0.15) is 47.5 Å². The summed E-state index contributed by atoms with van der Waals surface area (Å²) in [5, 5.41) is 9.92. The Morgan fingerprint density at radius 1 is 1.12 bits per heavy atom. The van der Waals surface area contributed by atoms with Crippen LogP contribution in [0.2, 0.25) is 0 Å². The van der Waals surface area contributed by atoms with Gasteiger partial charge in [-0.1, -0.05) is 20.8 Å². The highest BCUT2D eigenvalue weighted by Crippen LogP contribution is 2.29. The Bertz CT molecular complexity index is 252. The molecule has 1 fully saturated rings. The molecule has 1 aliphatic heterocycles. The summed E-state index contributed by atoms with van der Waals surface area (Å²) in [7, 11) is 0. The topological polar surface area (TPSA) is 40.5 Å². The van der Waals surface area contributed by atoms with Crippen molar-refractivity contribution in [3.05, 3.63) is 0 Å². The quantitative estimate of drug-likeness (QED) is 0.744. The number of carbonyl (C=O) groups excluding carboxylic acids is 1. The molecule has 0 radical (unpaired) electrons. The van der Waals surface area contributed by atoms with E-state index >= 15 is 0 Å². The number of piperidine rings is 1. The summed E-state index contributed by atoms with van der Waals surface area (Å²) in [6.07, 6.45) is 1.82. The Hall–Kier alpha value is -0.570. The molecule has 0 aromatic heterocycles. The average Bonchev–Trinajstić information content (AvgIpc) is 2.14. The van der Waals surface area contributed by atoms with E-state index in [4.69, 9.17) is 0 Å². The predicted molar refractivity (Wildman–Crippen MR) is 65.1 cm³/mol. The third-order valence-corrected chi connectivity index (χ3v) is 3.42. The van der Waals surface area contributed by atoms with Crippen molar-refractivity contribution in [2.24, 2.45) is 11.3 Å². The molecule has 0 aromatic rings. The molecule has 1 rings (SSSR count). The van der Waals surface area contributed by atoms with Gasteiger partial charge in [0.1, 0.15) is 0 Å². The standard InChI is InChI=1S/C13H25NO2/c1-12(2,3)11(15)14-8-6-10(7-9-14)13(4,5)16/h10,16H,6-9H2,1-5H3. The van der Waals surface area contributed by atoms with Crippen LogP contribution in [0.3, 0.4) is 0 Å². The van der Waals surface area contributed by atoms with Gasteiger partial charge in [-0.3, -0.25) is 4.79 Å². The molecule has 1 heterocycles. The van der Waals surface area contributed by atoms with Crippen molar-refractivity contribution in [2.75, 3.05) is 13.1 Å². The van der Waals surface area contributed by atoms with Crippen LogP contribution in [0.5, 0.6) is 0 Å². The largest absolute Gasteiger partial charge is 0.390 e. The summed E-state index contributed by atoms with van der Waals surface area (Å²) in [6.45, 7) is 11.2. The van der Waals surface area contributed by atoms with Gasteiger partial charge in [-0.15, -0.1) is 0 Å². The van der Waals surface area contributed by atoms with E-state index in [1.807, 2.05) is 39.5 Å². The number of carbonyl (C=O) groups is 1. The van der Waals surface area contributed by atoms with E-state index in [9.17, 15) is 9.90 Å². The highest BCUT2D eigenvalue weighted by Gasteiger charge is 2.34. The second-order valence-electron chi connectivity index (χ2n) is 6.47. The number of hydrogen-bond donors (Lipinski definition) is 1. The van der Waals surface area contributed by atoms with Gasteiger partial charge in [-0.2, -0.15) is 0 Å². The SMILES string of the molecule is CC(C)(C)C(=O)N1CCC(C(C)(C)O)CC1. The molecule has 3 nitrogen and oxygen atoms in total. The summed E-state index contributed by atoms with van der Waals surface area (Å²) in [6, 6.07) is 0. The molecule has 16 heavy (non-hydrogen) atoms. The van der Waals surface area contributed by atoms with E-state index in [1.54, 1.807) is 0 Å². The number of likely N-dealkylation sites (tertiary alicyclic amines) is 1. The number of hydrogen-bond acceptors (Lipinski definition) is 2. The average molecular weight is 227 g/mol. The number of aliphatic hydroxyl groups is 1. The molecular weight excluding hydrogens is 202 g/mol. The second-order valence-corrected chi connectivity index (χ2v) is 6.47. The summed E-state index contributed by atoms with van der Waals surface area (Å²) in [5.41, 5.74) is -0.904. The fourth-order valence-corrected chi connectivity index (χ4v) is 2.26. The van der Waals surface area contributed by atoms with Crippen molar-refractivity contribution in [2.45, 2.75) is 53.1 Å². The predicted octanol–water partition coefficient (Wildman–Crippen LogP) is 2.04. The molecule has 0 spiro atoms. The van der Waals surface area contributed by atoms with Crippen LogP contribution >= 0.6 is 0 Å². The molecule has 1 saturated heterocycles. The lowest BCUT2D eigenvalue weighted by Crippen LogP contribution is -2.47. The maximum absolute atomic E-state index is 12.0. The van der Waals surface area contributed by atoms with E-state index in [2.05, 4.69) is 0 Å². The summed E-state index contributed by atoms with van der Waals surface area (Å²) >= 11 is 0. The van der Waals surface area contributed by atoms with Gasteiger partial charge in [0.05, 0.1) is 5.60 Å². The van der Waals surface area contributed by atoms with Crippen molar-refractivity contribution in [1.82, 2.24) is 4.90 Å². The zero-order valence-corrected chi connectivity index (χ0v) is 11.2. The summed E-state index contributed by atoms with van der Waals surface area (Å²) < 4.78 is 0. The molecule has 0 aliphatic carbocycles. The third-order valence-electron chi connectivity index (χ3n) is 3.42. The van der Waals surface area contributed by atoms with Gasteiger partial charge in [0.25, 0.3) is 0 Å². The van der Waals surface area contributed by atoms with Crippen molar-refractivity contribution in [3.8, 4) is 0 Å². The smallest absolute Gasteiger partial charge is 0.227 e. The lowest BCUT2D eigenvalue weighted by atomic mass is 9.82. The summed E-state index contributed by atoms with van der Waals surface area (Å²) in [4.78, 5) is 14.0. The summed E-state index contributed by atoms with van der Waals surface area (Å²) in [5.74, 6) is 0.540. The first-order chi connectivity index (χ1) is 7.12. The van der Waals surface area contributed by atoms with E-state index in [0.717, 1.165) is 25.9 Å². The van der Waals surface area contributed by atoms with Crippen molar-refractivity contribution >= 4 is 5.91 Å².